The Labute approximate surface area is 113 Å². The van der Waals surface area contributed by atoms with E-state index >= 15 is 0 Å². The number of aryl methyl sites for hydroxylation is 1. The second-order valence-corrected chi connectivity index (χ2v) is 5.45. The molecule has 0 fully saturated rings. The van der Waals surface area contributed by atoms with Crippen molar-refractivity contribution in [3.8, 4) is 0 Å². The molecule has 0 saturated heterocycles. The molecule has 1 aliphatic heterocycles. The van der Waals surface area contributed by atoms with Crippen molar-refractivity contribution in [2.75, 3.05) is 13.6 Å². The molecule has 0 spiro atoms. The molecule has 0 aromatic heterocycles. The third kappa shape index (κ3) is 2.28. The van der Waals surface area contributed by atoms with Crippen molar-refractivity contribution in [3.05, 3.63) is 70.5 Å². The maximum absolute atomic E-state index is 13.5. The summed E-state index contributed by atoms with van der Waals surface area (Å²) in [5.41, 5.74) is 5.14. The fourth-order valence-corrected chi connectivity index (χ4v) is 3.02. The highest BCUT2D eigenvalue weighted by molar-refractivity contribution is 5.43. The lowest BCUT2D eigenvalue weighted by molar-refractivity contribution is 0.294. The minimum absolute atomic E-state index is 0.153. The van der Waals surface area contributed by atoms with E-state index in [0.29, 0.717) is 0 Å². The second kappa shape index (κ2) is 4.78. The van der Waals surface area contributed by atoms with Crippen molar-refractivity contribution in [1.82, 2.24) is 4.90 Å². The Morgan fingerprint density at radius 3 is 2.74 bits per heavy atom. The molecule has 3 rings (SSSR count). The lowest BCUT2D eigenvalue weighted by Gasteiger charge is -2.33. The van der Waals surface area contributed by atoms with Crippen molar-refractivity contribution in [2.24, 2.45) is 0 Å². The highest BCUT2D eigenvalue weighted by Crippen LogP contribution is 2.34. The van der Waals surface area contributed by atoms with Gasteiger partial charge < -0.3 is 4.90 Å². The number of nitrogens with zero attached hydrogens (tertiary/aromatic N) is 1. The van der Waals surface area contributed by atoms with Gasteiger partial charge in [-0.1, -0.05) is 30.3 Å². The highest BCUT2D eigenvalue weighted by Gasteiger charge is 2.25. The molecular weight excluding hydrogens is 237 g/mol. The Balaban J connectivity index is 2.11. The van der Waals surface area contributed by atoms with Crippen LogP contribution in [0.1, 0.15) is 28.2 Å². The van der Waals surface area contributed by atoms with E-state index in [4.69, 9.17) is 0 Å². The Bertz CT molecular complexity index is 606. The topological polar surface area (TPSA) is 3.24 Å². The quantitative estimate of drug-likeness (QED) is 0.751. The predicted octanol–water partition coefficient (Wildman–Crippen LogP) is 3.71. The maximum Gasteiger partial charge on any atom is 0.123 e. The molecule has 0 amide bonds. The summed E-state index contributed by atoms with van der Waals surface area (Å²) in [5.74, 6) is 0.115. The standard InChI is InChI=1S/C17H18FN/c1-12-5-3-8-15-16(12)10-19(2)11-17(15)13-6-4-7-14(18)9-13/h3-9,17H,10-11H2,1-2H3. The first kappa shape index (κ1) is 12.4. The van der Waals surface area contributed by atoms with Crippen LogP contribution in [0.25, 0.3) is 0 Å². The van der Waals surface area contributed by atoms with Crippen LogP contribution in [0.2, 0.25) is 0 Å². The van der Waals surface area contributed by atoms with Crippen LogP contribution in [0.3, 0.4) is 0 Å². The molecule has 1 nitrogen and oxygen atoms in total. The predicted molar refractivity (Wildman–Crippen MR) is 75.8 cm³/mol. The summed E-state index contributed by atoms with van der Waals surface area (Å²) in [4.78, 5) is 2.31. The van der Waals surface area contributed by atoms with Crippen LogP contribution in [-0.2, 0) is 6.54 Å². The van der Waals surface area contributed by atoms with Crippen molar-refractivity contribution in [1.29, 1.82) is 0 Å². The second-order valence-electron chi connectivity index (χ2n) is 5.45. The van der Waals surface area contributed by atoms with Gasteiger partial charge in [0.05, 0.1) is 0 Å². The molecule has 98 valence electrons. The molecule has 2 aromatic carbocycles. The molecule has 2 heteroatoms. The van der Waals surface area contributed by atoms with E-state index in [-0.39, 0.29) is 11.7 Å². The lowest BCUT2D eigenvalue weighted by atomic mass is 9.83. The van der Waals surface area contributed by atoms with Gasteiger partial charge in [-0.25, -0.2) is 4.39 Å². The van der Waals surface area contributed by atoms with Gasteiger partial charge in [0.15, 0.2) is 0 Å². The first-order valence-corrected chi connectivity index (χ1v) is 6.67. The van der Waals surface area contributed by atoms with Gasteiger partial charge in [-0.2, -0.15) is 0 Å². The minimum Gasteiger partial charge on any atom is -0.301 e. The number of hydrogen-bond donors (Lipinski definition) is 0. The van der Waals surface area contributed by atoms with Crippen LogP contribution in [0, 0.1) is 12.7 Å². The van der Waals surface area contributed by atoms with Gasteiger partial charge in [-0.3, -0.25) is 0 Å². The molecule has 0 N–H and O–H groups in total. The summed E-state index contributed by atoms with van der Waals surface area (Å²) < 4.78 is 13.5. The Hall–Kier alpha value is -1.67. The van der Waals surface area contributed by atoms with E-state index < -0.39 is 0 Å². The summed E-state index contributed by atoms with van der Waals surface area (Å²) in [5, 5.41) is 0. The zero-order valence-electron chi connectivity index (χ0n) is 11.4. The molecule has 2 aromatic rings. The van der Waals surface area contributed by atoms with E-state index in [1.165, 1.54) is 22.8 Å². The van der Waals surface area contributed by atoms with Crippen molar-refractivity contribution in [3.63, 3.8) is 0 Å². The zero-order chi connectivity index (χ0) is 13.4. The van der Waals surface area contributed by atoms with E-state index in [9.17, 15) is 4.39 Å². The van der Waals surface area contributed by atoms with Crippen LogP contribution in [0.15, 0.2) is 42.5 Å². The summed E-state index contributed by atoms with van der Waals surface area (Å²) in [7, 11) is 2.13. The van der Waals surface area contributed by atoms with Gasteiger partial charge in [0, 0.05) is 19.0 Å². The number of hydrogen-bond acceptors (Lipinski definition) is 1. The number of fused-ring (bicyclic) bond motifs is 1. The molecule has 0 bridgehead atoms. The molecule has 1 heterocycles. The molecule has 0 radical (unpaired) electrons. The minimum atomic E-state index is -0.153. The number of likely N-dealkylation sites (N-methyl/N-ethyl adjacent to an activating group) is 1. The van der Waals surface area contributed by atoms with Crippen molar-refractivity contribution < 1.29 is 4.39 Å². The van der Waals surface area contributed by atoms with Gasteiger partial charge in [0.25, 0.3) is 0 Å². The van der Waals surface area contributed by atoms with Crippen LogP contribution < -0.4 is 0 Å². The van der Waals surface area contributed by atoms with E-state index in [1.807, 2.05) is 6.07 Å². The fourth-order valence-electron chi connectivity index (χ4n) is 3.02. The average molecular weight is 255 g/mol. The summed E-state index contributed by atoms with van der Waals surface area (Å²) in [6, 6.07) is 13.4. The largest absolute Gasteiger partial charge is 0.301 e. The molecule has 1 atom stereocenters. The van der Waals surface area contributed by atoms with E-state index in [0.717, 1.165) is 18.7 Å². The zero-order valence-corrected chi connectivity index (χ0v) is 11.4. The Kier molecular flexibility index (Phi) is 3.11. The van der Waals surface area contributed by atoms with Crippen LogP contribution in [-0.4, -0.2) is 18.5 Å². The van der Waals surface area contributed by atoms with E-state index in [2.05, 4.69) is 37.1 Å². The molecule has 1 unspecified atom stereocenters. The van der Waals surface area contributed by atoms with Crippen molar-refractivity contribution >= 4 is 0 Å². The van der Waals surface area contributed by atoms with Gasteiger partial charge in [0.1, 0.15) is 5.82 Å². The lowest BCUT2D eigenvalue weighted by Crippen LogP contribution is -2.31. The molecule has 0 saturated carbocycles. The SMILES string of the molecule is Cc1cccc2c1CN(C)CC2c1cccc(F)c1. The molecular formula is C17H18FN. The van der Waals surface area contributed by atoms with E-state index in [1.54, 1.807) is 12.1 Å². The van der Waals surface area contributed by atoms with Gasteiger partial charge >= 0.3 is 0 Å². The Morgan fingerprint density at radius 1 is 1.16 bits per heavy atom. The summed E-state index contributed by atoms with van der Waals surface area (Å²) in [6.45, 7) is 4.08. The van der Waals surface area contributed by atoms with Gasteiger partial charge in [0.2, 0.25) is 0 Å². The Morgan fingerprint density at radius 2 is 1.95 bits per heavy atom. The first-order chi connectivity index (χ1) is 9.15. The molecule has 1 aliphatic rings. The highest BCUT2D eigenvalue weighted by atomic mass is 19.1. The third-order valence-corrected chi connectivity index (χ3v) is 4.00. The monoisotopic (exact) mass is 255 g/mol. The van der Waals surface area contributed by atoms with Gasteiger partial charge in [-0.15, -0.1) is 0 Å². The molecule has 19 heavy (non-hydrogen) atoms. The van der Waals surface area contributed by atoms with Crippen molar-refractivity contribution in [2.45, 2.75) is 19.4 Å². The smallest absolute Gasteiger partial charge is 0.123 e. The average Bonchev–Trinajstić information content (AvgIpc) is 2.39. The maximum atomic E-state index is 13.5. The third-order valence-electron chi connectivity index (χ3n) is 4.00. The fraction of sp³-hybridized carbons (Fsp3) is 0.294. The van der Waals surface area contributed by atoms with Crippen LogP contribution in [0.5, 0.6) is 0 Å². The number of rotatable bonds is 1. The number of halogens is 1. The van der Waals surface area contributed by atoms with Crippen LogP contribution >= 0.6 is 0 Å². The number of benzene rings is 2. The normalized spacial score (nSPS) is 19.2. The summed E-state index contributed by atoms with van der Waals surface area (Å²) >= 11 is 0. The molecule has 0 aliphatic carbocycles. The summed E-state index contributed by atoms with van der Waals surface area (Å²) in [6.07, 6.45) is 0. The van der Waals surface area contributed by atoms with Gasteiger partial charge in [-0.05, 0) is 48.4 Å². The first-order valence-electron chi connectivity index (χ1n) is 6.67. The van der Waals surface area contributed by atoms with Crippen LogP contribution in [0.4, 0.5) is 4.39 Å².